The molecule has 0 atom stereocenters. The average molecular weight is 381 g/mol. The number of alkyl halides is 3. The molecule has 4 rings (SSSR count). The summed E-state index contributed by atoms with van der Waals surface area (Å²) in [5.74, 6) is -0.359. The fourth-order valence-electron chi connectivity index (χ4n) is 3.08. The molecule has 0 spiro atoms. The third-order valence-corrected chi connectivity index (χ3v) is 4.38. The number of halogens is 3. The van der Waals surface area contributed by atoms with Crippen LogP contribution in [0.3, 0.4) is 0 Å². The van der Waals surface area contributed by atoms with Crippen LogP contribution in [0.4, 0.5) is 24.5 Å². The van der Waals surface area contributed by atoms with Crippen LogP contribution in [0.25, 0.3) is 0 Å². The molecular formula is C21H14F3N3O. The number of para-hydroxylation sites is 1. The first kappa shape index (κ1) is 17.9. The van der Waals surface area contributed by atoms with E-state index in [2.05, 4.69) is 9.98 Å². The van der Waals surface area contributed by atoms with Gasteiger partial charge in [0.25, 0.3) is 5.91 Å². The maximum atomic E-state index is 13.0. The molecular weight excluding hydrogens is 367 g/mol. The van der Waals surface area contributed by atoms with Crippen molar-refractivity contribution in [2.45, 2.75) is 12.7 Å². The highest BCUT2D eigenvalue weighted by Gasteiger charge is 2.34. The summed E-state index contributed by atoms with van der Waals surface area (Å²) >= 11 is 0. The Kier molecular flexibility index (Phi) is 4.43. The number of hydrogen-bond acceptors (Lipinski definition) is 3. The number of amides is 1. The molecule has 4 nitrogen and oxygen atoms in total. The van der Waals surface area contributed by atoms with E-state index in [1.54, 1.807) is 47.6 Å². The van der Waals surface area contributed by atoms with E-state index in [-0.39, 0.29) is 17.3 Å². The second kappa shape index (κ2) is 6.92. The van der Waals surface area contributed by atoms with E-state index in [1.165, 1.54) is 12.1 Å². The molecule has 0 bridgehead atoms. The van der Waals surface area contributed by atoms with Gasteiger partial charge in [-0.05, 0) is 35.9 Å². The molecule has 2 heterocycles. The summed E-state index contributed by atoms with van der Waals surface area (Å²) in [5.41, 5.74) is 1.50. The van der Waals surface area contributed by atoms with Gasteiger partial charge in [-0.3, -0.25) is 9.78 Å². The molecule has 1 amide bonds. The van der Waals surface area contributed by atoms with E-state index in [9.17, 15) is 18.0 Å². The fourth-order valence-corrected chi connectivity index (χ4v) is 3.08. The third kappa shape index (κ3) is 3.38. The Morgan fingerprint density at radius 2 is 1.82 bits per heavy atom. The van der Waals surface area contributed by atoms with E-state index in [1.807, 2.05) is 6.07 Å². The van der Waals surface area contributed by atoms with Crippen LogP contribution >= 0.6 is 0 Å². The van der Waals surface area contributed by atoms with Crippen LogP contribution in [-0.2, 0) is 17.5 Å². The topological polar surface area (TPSA) is 45.6 Å². The highest BCUT2D eigenvalue weighted by molar-refractivity contribution is 6.54. The van der Waals surface area contributed by atoms with E-state index >= 15 is 0 Å². The molecule has 7 heteroatoms. The lowest BCUT2D eigenvalue weighted by Gasteiger charge is -2.16. The van der Waals surface area contributed by atoms with Crippen molar-refractivity contribution in [3.63, 3.8) is 0 Å². The zero-order valence-corrected chi connectivity index (χ0v) is 14.5. The number of rotatable bonds is 3. The molecule has 28 heavy (non-hydrogen) atoms. The van der Waals surface area contributed by atoms with Gasteiger partial charge in [0.2, 0.25) is 0 Å². The number of carbonyl (C=O) groups is 1. The molecule has 0 unspecified atom stereocenters. The minimum absolute atomic E-state index is 0.0798. The molecule has 0 saturated heterocycles. The normalized spacial score (nSPS) is 15.2. The molecule has 3 aromatic rings. The number of benzene rings is 2. The molecule has 140 valence electrons. The average Bonchev–Trinajstić information content (AvgIpc) is 2.94. The van der Waals surface area contributed by atoms with Gasteiger partial charge in [0.15, 0.2) is 0 Å². The van der Waals surface area contributed by atoms with Gasteiger partial charge >= 0.3 is 6.18 Å². The number of nitrogens with zero attached hydrogens (tertiary/aromatic N) is 3. The van der Waals surface area contributed by atoms with Crippen molar-refractivity contribution in [2.75, 3.05) is 4.90 Å². The molecule has 0 aliphatic carbocycles. The van der Waals surface area contributed by atoms with Crippen LogP contribution < -0.4 is 4.90 Å². The Morgan fingerprint density at radius 3 is 2.57 bits per heavy atom. The zero-order chi connectivity index (χ0) is 19.7. The quantitative estimate of drug-likeness (QED) is 0.656. The van der Waals surface area contributed by atoms with Crippen molar-refractivity contribution in [1.29, 1.82) is 0 Å². The van der Waals surface area contributed by atoms with E-state index < -0.39 is 11.7 Å². The zero-order valence-electron chi connectivity index (χ0n) is 14.5. The van der Waals surface area contributed by atoms with E-state index in [4.69, 9.17) is 0 Å². The molecule has 0 N–H and O–H groups in total. The lowest BCUT2D eigenvalue weighted by molar-refractivity contribution is -0.137. The van der Waals surface area contributed by atoms with Gasteiger partial charge in [0, 0.05) is 18.0 Å². The largest absolute Gasteiger partial charge is 0.416 e. The van der Waals surface area contributed by atoms with Gasteiger partial charge < -0.3 is 4.90 Å². The van der Waals surface area contributed by atoms with Gasteiger partial charge in [-0.2, -0.15) is 13.2 Å². The van der Waals surface area contributed by atoms with Gasteiger partial charge in [0.1, 0.15) is 5.71 Å². The monoisotopic (exact) mass is 381 g/mol. The van der Waals surface area contributed by atoms with Crippen molar-refractivity contribution < 1.29 is 18.0 Å². The van der Waals surface area contributed by atoms with Gasteiger partial charge in [0.05, 0.1) is 23.5 Å². The van der Waals surface area contributed by atoms with Crippen molar-refractivity contribution in [2.24, 2.45) is 4.99 Å². The number of hydrogen-bond donors (Lipinski definition) is 0. The Balaban J connectivity index is 1.74. The predicted molar refractivity (Wildman–Crippen MR) is 99.5 cm³/mol. The highest BCUT2D eigenvalue weighted by Crippen LogP contribution is 2.34. The smallest absolute Gasteiger partial charge is 0.302 e. The van der Waals surface area contributed by atoms with Gasteiger partial charge in [-0.1, -0.05) is 30.3 Å². The maximum absolute atomic E-state index is 13.0. The van der Waals surface area contributed by atoms with Crippen LogP contribution in [0, 0.1) is 0 Å². The van der Waals surface area contributed by atoms with Crippen molar-refractivity contribution >= 4 is 23.0 Å². The number of aromatic nitrogens is 1. The second-order valence-corrected chi connectivity index (χ2v) is 6.28. The molecule has 0 radical (unpaired) electrons. The minimum Gasteiger partial charge on any atom is -0.302 e. The summed E-state index contributed by atoms with van der Waals surface area (Å²) in [7, 11) is 0. The van der Waals surface area contributed by atoms with Crippen LogP contribution in [0.2, 0.25) is 0 Å². The first-order valence-electron chi connectivity index (χ1n) is 8.49. The predicted octanol–water partition coefficient (Wildman–Crippen LogP) is 4.77. The first-order chi connectivity index (χ1) is 13.4. The molecule has 2 aromatic carbocycles. The molecule has 1 aromatic heterocycles. The summed E-state index contributed by atoms with van der Waals surface area (Å²) in [4.78, 5) is 22.9. The van der Waals surface area contributed by atoms with E-state index in [0.717, 1.165) is 17.7 Å². The summed E-state index contributed by atoms with van der Waals surface area (Å²) in [5, 5.41) is 0. The van der Waals surface area contributed by atoms with Gasteiger partial charge in [-0.25, -0.2) is 4.99 Å². The van der Waals surface area contributed by atoms with Crippen molar-refractivity contribution in [3.05, 3.63) is 89.7 Å². The van der Waals surface area contributed by atoms with Crippen LogP contribution in [-0.4, -0.2) is 16.6 Å². The molecule has 0 saturated carbocycles. The van der Waals surface area contributed by atoms with Crippen LogP contribution in [0.5, 0.6) is 0 Å². The summed E-state index contributed by atoms with van der Waals surface area (Å²) in [6.07, 6.45) is -1.16. The Morgan fingerprint density at radius 1 is 1.00 bits per heavy atom. The van der Waals surface area contributed by atoms with Crippen LogP contribution in [0.15, 0.2) is 78.0 Å². The third-order valence-electron chi connectivity index (χ3n) is 4.38. The summed E-state index contributed by atoms with van der Waals surface area (Å²) < 4.78 is 38.9. The summed E-state index contributed by atoms with van der Waals surface area (Å²) in [6, 6.07) is 15.4. The fraction of sp³-hybridized carbons (Fsp3) is 0.0952. The highest BCUT2D eigenvalue weighted by atomic mass is 19.4. The first-order valence-corrected chi connectivity index (χ1v) is 8.49. The standard InChI is InChI=1S/C21H14F3N3O/c22-21(23,24)15-6-3-7-16(11-15)26-19-17-8-1-2-9-18(17)27(20(19)28)13-14-5-4-10-25-12-14/h1-12H,13H2/b26-19-. The summed E-state index contributed by atoms with van der Waals surface area (Å²) in [6.45, 7) is 0.297. The van der Waals surface area contributed by atoms with Crippen molar-refractivity contribution in [3.8, 4) is 0 Å². The number of aliphatic imine (C=N–C) groups is 1. The number of carbonyl (C=O) groups excluding carboxylic acids is 1. The Bertz CT molecular complexity index is 1060. The Labute approximate surface area is 159 Å². The maximum Gasteiger partial charge on any atom is 0.416 e. The lowest BCUT2D eigenvalue weighted by Crippen LogP contribution is -2.29. The lowest BCUT2D eigenvalue weighted by atomic mass is 10.1. The Hall–Kier alpha value is -3.48. The van der Waals surface area contributed by atoms with Crippen LogP contribution in [0.1, 0.15) is 16.7 Å². The molecule has 1 aliphatic rings. The van der Waals surface area contributed by atoms with E-state index in [0.29, 0.717) is 17.8 Å². The van der Waals surface area contributed by atoms with Gasteiger partial charge in [-0.15, -0.1) is 0 Å². The number of fused-ring (bicyclic) bond motifs is 1. The number of pyridine rings is 1. The molecule has 1 aliphatic heterocycles. The van der Waals surface area contributed by atoms with Crippen molar-refractivity contribution in [1.82, 2.24) is 4.98 Å². The number of anilines is 1. The second-order valence-electron chi connectivity index (χ2n) is 6.28. The minimum atomic E-state index is -4.47. The molecule has 0 fully saturated rings. The SMILES string of the molecule is O=C1/C(=N\c2cccc(C(F)(F)F)c2)c2ccccc2N1Cc1cccnc1.